The summed E-state index contributed by atoms with van der Waals surface area (Å²) in [7, 11) is 1.69. The SMILES string of the molecule is CNc1cc(NC2=CC=CN(c3ncccc3F)C2O)nc2c(C(=O)[NH2+]C3C[C@H]3F)cnn12. The van der Waals surface area contributed by atoms with E-state index >= 15 is 0 Å². The lowest BCUT2D eigenvalue weighted by Crippen LogP contribution is -2.90. The molecule has 33 heavy (non-hydrogen) atoms. The van der Waals surface area contributed by atoms with Crippen LogP contribution in [0.15, 0.2) is 54.6 Å². The maximum atomic E-state index is 14.2. The Morgan fingerprint density at radius 3 is 2.94 bits per heavy atom. The van der Waals surface area contributed by atoms with E-state index in [1.54, 1.807) is 25.3 Å². The van der Waals surface area contributed by atoms with E-state index in [0.29, 0.717) is 23.8 Å². The van der Waals surface area contributed by atoms with Crippen LogP contribution in [0, 0.1) is 5.82 Å². The second-order valence-corrected chi connectivity index (χ2v) is 7.70. The van der Waals surface area contributed by atoms with Gasteiger partial charge in [0.05, 0.1) is 11.9 Å². The number of hydrogen-bond acceptors (Lipinski definition) is 8. The minimum atomic E-state index is -1.26. The quantitative estimate of drug-likeness (QED) is 0.430. The van der Waals surface area contributed by atoms with E-state index in [9.17, 15) is 18.7 Å². The van der Waals surface area contributed by atoms with Crippen molar-refractivity contribution in [1.29, 1.82) is 0 Å². The van der Waals surface area contributed by atoms with E-state index in [-0.39, 0.29) is 29.0 Å². The van der Waals surface area contributed by atoms with Crippen LogP contribution in [0.1, 0.15) is 16.8 Å². The number of alkyl halides is 1. The molecule has 1 aliphatic heterocycles. The van der Waals surface area contributed by atoms with Crippen molar-refractivity contribution in [2.45, 2.75) is 24.9 Å². The predicted octanol–water partition coefficient (Wildman–Crippen LogP) is 0.767. The van der Waals surface area contributed by atoms with Gasteiger partial charge in [-0.3, -0.25) is 10.2 Å². The molecule has 0 aromatic carbocycles. The fraction of sp³-hybridized carbons (Fsp3) is 0.238. The highest BCUT2D eigenvalue weighted by Crippen LogP contribution is 2.26. The molecule has 170 valence electrons. The zero-order valence-electron chi connectivity index (χ0n) is 17.5. The molecule has 10 nitrogen and oxygen atoms in total. The molecule has 0 radical (unpaired) electrons. The van der Waals surface area contributed by atoms with Gasteiger partial charge in [-0.1, -0.05) is 0 Å². The van der Waals surface area contributed by atoms with Crippen molar-refractivity contribution in [2.24, 2.45) is 0 Å². The van der Waals surface area contributed by atoms with Crippen molar-refractivity contribution >= 4 is 29.0 Å². The molecule has 1 aliphatic carbocycles. The number of rotatable bonds is 6. The third-order valence-corrected chi connectivity index (χ3v) is 5.44. The van der Waals surface area contributed by atoms with Gasteiger partial charge in [0, 0.05) is 31.9 Å². The number of aromatic nitrogens is 4. The summed E-state index contributed by atoms with van der Waals surface area (Å²) < 4.78 is 28.9. The molecule has 2 unspecified atom stereocenters. The Morgan fingerprint density at radius 2 is 2.21 bits per heavy atom. The number of halogens is 2. The number of carbonyl (C=O) groups excluding carboxylic acids is 1. The van der Waals surface area contributed by atoms with Gasteiger partial charge in [-0.2, -0.15) is 9.61 Å². The van der Waals surface area contributed by atoms with E-state index in [2.05, 4.69) is 25.7 Å². The largest absolute Gasteiger partial charge is 0.373 e. The first-order chi connectivity index (χ1) is 16.0. The van der Waals surface area contributed by atoms with Crippen LogP contribution in [0.5, 0.6) is 0 Å². The number of hydrogen-bond donors (Lipinski definition) is 4. The van der Waals surface area contributed by atoms with Crippen LogP contribution in [0.2, 0.25) is 0 Å². The Labute approximate surface area is 186 Å². The van der Waals surface area contributed by atoms with Crippen LogP contribution in [-0.4, -0.2) is 56.1 Å². The molecule has 5 N–H and O–H groups in total. The van der Waals surface area contributed by atoms with Gasteiger partial charge in [-0.25, -0.2) is 23.5 Å². The number of nitrogens with one attached hydrogen (secondary N) is 2. The maximum absolute atomic E-state index is 14.2. The Balaban J connectivity index is 1.44. The molecule has 3 aromatic rings. The molecule has 1 saturated carbocycles. The molecular weight excluding hydrogens is 434 g/mol. The van der Waals surface area contributed by atoms with Crippen molar-refractivity contribution < 1.29 is 24.0 Å². The van der Waals surface area contributed by atoms with Gasteiger partial charge in [0.2, 0.25) is 0 Å². The monoisotopic (exact) mass is 455 g/mol. The van der Waals surface area contributed by atoms with Gasteiger partial charge < -0.3 is 15.7 Å². The lowest BCUT2D eigenvalue weighted by atomic mass is 10.2. The number of pyridine rings is 1. The molecule has 12 heteroatoms. The molecule has 0 bridgehead atoms. The molecular formula is C21H21F2N8O2+. The van der Waals surface area contributed by atoms with Gasteiger partial charge >= 0.3 is 5.91 Å². The third kappa shape index (κ3) is 3.90. The fourth-order valence-corrected chi connectivity index (χ4v) is 3.58. The first kappa shape index (κ1) is 21.0. The van der Waals surface area contributed by atoms with Crippen LogP contribution < -0.4 is 20.9 Å². The van der Waals surface area contributed by atoms with E-state index in [1.165, 1.54) is 45.5 Å². The van der Waals surface area contributed by atoms with Gasteiger partial charge in [0.15, 0.2) is 29.7 Å². The smallest absolute Gasteiger partial charge is 0.348 e. The van der Waals surface area contributed by atoms with Crippen molar-refractivity contribution in [3.63, 3.8) is 0 Å². The number of carbonyl (C=O) groups is 1. The average Bonchev–Trinajstić information content (AvgIpc) is 3.32. The minimum Gasteiger partial charge on any atom is -0.373 e. The molecule has 1 fully saturated rings. The summed E-state index contributed by atoms with van der Waals surface area (Å²) >= 11 is 0. The number of quaternary nitrogens is 1. The van der Waals surface area contributed by atoms with Crippen LogP contribution in [0.25, 0.3) is 5.65 Å². The first-order valence-electron chi connectivity index (χ1n) is 10.3. The standard InChI is InChI=1S/C21H20F2N8O2/c1-24-17-9-16(29-18-11(10-26-31(17)18)20(32)28-15-8-13(15)23)27-14-5-3-7-30(21(14)33)19-12(22)4-2-6-25-19/h2-7,9-10,13,15,21,24,33H,8H2,1H3,(H,27,29)(H,28,32)/p+1/t13-,15?,21?/m1/s1. The third-order valence-electron chi connectivity index (χ3n) is 5.44. The molecule has 0 spiro atoms. The first-order valence-corrected chi connectivity index (χ1v) is 10.3. The van der Waals surface area contributed by atoms with Crippen molar-refractivity contribution in [2.75, 3.05) is 22.6 Å². The number of primary amides is 1. The summed E-state index contributed by atoms with van der Waals surface area (Å²) in [6.45, 7) is 0. The van der Waals surface area contributed by atoms with Crippen LogP contribution in [0.3, 0.4) is 0 Å². The summed E-state index contributed by atoms with van der Waals surface area (Å²) in [6.07, 6.45) is 5.70. The van der Waals surface area contributed by atoms with Crippen molar-refractivity contribution in [1.82, 2.24) is 19.6 Å². The molecule has 3 aromatic heterocycles. The van der Waals surface area contributed by atoms with Crippen LogP contribution in [0.4, 0.5) is 26.2 Å². The van der Waals surface area contributed by atoms with Gasteiger partial charge in [-0.15, -0.1) is 0 Å². The second-order valence-electron chi connectivity index (χ2n) is 7.70. The normalized spacial score (nSPS) is 21.8. The number of amides is 1. The lowest BCUT2D eigenvalue weighted by Gasteiger charge is -2.30. The average molecular weight is 455 g/mol. The van der Waals surface area contributed by atoms with Gasteiger partial charge in [0.1, 0.15) is 23.2 Å². The van der Waals surface area contributed by atoms with Crippen LogP contribution in [-0.2, 0) is 0 Å². The second kappa shape index (κ2) is 8.22. The summed E-state index contributed by atoms with van der Waals surface area (Å²) in [4.78, 5) is 22.4. The Kier molecular flexibility index (Phi) is 5.23. The molecule has 4 heterocycles. The lowest BCUT2D eigenvalue weighted by molar-refractivity contribution is -0.572. The maximum Gasteiger partial charge on any atom is 0.348 e. The summed E-state index contributed by atoms with van der Waals surface area (Å²) in [5.41, 5.74) is 0.832. The number of nitrogens with zero attached hydrogens (tertiary/aromatic N) is 5. The molecule has 1 amide bonds. The van der Waals surface area contributed by atoms with Gasteiger partial charge in [-0.05, 0) is 24.3 Å². The highest BCUT2D eigenvalue weighted by Gasteiger charge is 2.44. The number of aliphatic hydroxyl groups is 1. The fourth-order valence-electron chi connectivity index (χ4n) is 3.58. The topological polar surface area (TPSA) is 124 Å². The predicted molar refractivity (Wildman–Crippen MR) is 116 cm³/mol. The zero-order chi connectivity index (χ0) is 23.1. The number of fused-ring (bicyclic) bond motifs is 1. The van der Waals surface area contributed by atoms with E-state index in [4.69, 9.17) is 0 Å². The van der Waals surface area contributed by atoms with E-state index in [1.807, 2.05) is 0 Å². The zero-order valence-corrected chi connectivity index (χ0v) is 17.5. The Morgan fingerprint density at radius 1 is 1.39 bits per heavy atom. The van der Waals surface area contributed by atoms with E-state index in [0.717, 1.165) is 0 Å². The Hall–Kier alpha value is -3.90. The highest BCUT2D eigenvalue weighted by molar-refractivity contribution is 5.94. The number of anilines is 3. The molecule has 3 atom stereocenters. The molecule has 2 aliphatic rings. The summed E-state index contributed by atoms with van der Waals surface area (Å²) in [6, 6.07) is 3.99. The van der Waals surface area contributed by atoms with Gasteiger partial charge in [0.25, 0.3) is 0 Å². The van der Waals surface area contributed by atoms with E-state index < -0.39 is 18.2 Å². The van der Waals surface area contributed by atoms with Crippen molar-refractivity contribution in [3.05, 3.63) is 66.0 Å². The minimum absolute atomic E-state index is 0.0292. The summed E-state index contributed by atoms with van der Waals surface area (Å²) in [5.74, 6) is -0.107. The van der Waals surface area contributed by atoms with Crippen LogP contribution >= 0.6 is 0 Å². The number of aliphatic hydroxyl groups excluding tert-OH is 1. The number of nitrogens with two attached hydrogens (primary N) is 1. The summed E-state index contributed by atoms with van der Waals surface area (Å²) in [5, 5.41) is 22.4. The highest BCUT2D eigenvalue weighted by atomic mass is 19.1. The van der Waals surface area contributed by atoms with Crippen molar-refractivity contribution in [3.8, 4) is 0 Å². The molecule has 0 saturated heterocycles. The Bertz CT molecular complexity index is 1290. The molecule has 5 rings (SSSR count). The number of allylic oxidation sites excluding steroid dienone is 2.